The fourth-order valence-corrected chi connectivity index (χ4v) is 3.03. The molecule has 0 spiro atoms. The summed E-state index contributed by atoms with van der Waals surface area (Å²) >= 11 is 0. The van der Waals surface area contributed by atoms with E-state index in [9.17, 15) is 8.42 Å². The average Bonchev–Trinajstić information content (AvgIpc) is 2.18. The summed E-state index contributed by atoms with van der Waals surface area (Å²) in [4.78, 5) is 0. The molecule has 0 aromatic carbocycles. The van der Waals surface area contributed by atoms with Gasteiger partial charge in [-0.05, 0) is 19.3 Å². The van der Waals surface area contributed by atoms with E-state index in [0.717, 1.165) is 45.6 Å². The van der Waals surface area contributed by atoms with Crippen LogP contribution in [0.1, 0.15) is 51.9 Å². The molecule has 1 saturated carbocycles. The molecule has 0 aromatic rings. The fourth-order valence-electron chi connectivity index (χ4n) is 2.28. The van der Waals surface area contributed by atoms with E-state index < -0.39 is 16.0 Å². The number of hydrogen-bond donors (Lipinski definition) is 0. The highest BCUT2D eigenvalue weighted by atomic mass is 32.3. The molecule has 1 fully saturated rings. The van der Waals surface area contributed by atoms with Crippen molar-refractivity contribution in [1.29, 1.82) is 0 Å². The van der Waals surface area contributed by atoms with Crippen LogP contribution in [0, 0.1) is 0 Å². The molecule has 0 radical (unpaired) electrons. The predicted octanol–water partition coefficient (Wildman–Crippen LogP) is 2.40. The zero-order chi connectivity index (χ0) is 11.4. The first-order chi connectivity index (χ1) is 7.04. The van der Waals surface area contributed by atoms with Gasteiger partial charge in [0.2, 0.25) is 0 Å². The summed E-state index contributed by atoms with van der Waals surface area (Å²) in [6, 6.07) is 0. The smallest absolute Gasteiger partial charge is 0.252 e. The van der Waals surface area contributed by atoms with E-state index in [1.54, 1.807) is 0 Å². The van der Waals surface area contributed by atoms with Crippen LogP contribution in [0.2, 0.25) is 0 Å². The number of hydrogen-bond acceptors (Lipinski definition) is 4. The minimum absolute atomic E-state index is 0.498. The number of rotatable bonds is 5. The summed E-state index contributed by atoms with van der Waals surface area (Å²) in [6.07, 6.45) is 6.61. The fraction of sp³-hybridized carbons (Fsp3) is 1.00. The molecule has 1 aliphatic carbocycles. The lowest BCUT2D eigenvalue weighted by atomic mass is 9.82. The molecule has 0 aliphatic heterocycles. The van der Waals surface area contributed by atoms with Crippen molar-refractivity contribution in [2.75, 3.05) is 7.11 Å². The van der Waals surface area contributed by atoms with Gasteiger partial charge in [0.1, 0.15) is 0 Å². The molecule has 0 N–H and O–H groups in total. The Morgan fingerprint density at radius 3 is 2.27 bits per heavy atom. The van der Waals surface area contributed by atoms with Crippen LogP contribution in [0.25, 0.3) is 0 Å². The summed E-state index contributed by atoms with van der Waals surface area (Å²) in [6.45, 7) is 2.04. The van der Waals surface area contributed by atoms with Crippen molar-refractivity contribution in [1.82, 2.24) is 0 Å². The van der Waals surface area contributed by atoms with Crippen molar-refractivity contribution in [3.63, 3.8) is 0 Å². The molecule has 0 saturated heterocycles. The summed E-state index contributed by atoms with van der Waals surface area (Å²) in [5.41, 5.74) is -0.498. The molecule has 0 unspecified atom stereocenters. The highest BCUT2D eigenvalue weighted by Crippen LogP contribution is 2.36. The summed E-state index contributed by atoms with van der Waals surface area (Å²) < 4.78 is 32.2. The van der Waals surface area contributed by atoms with E-state index in [2.05, 4.69) is 4.18 Å². The zero-order valence-corrected chi connectivity index (χ0v) is 10.3. The van der Waals surface area contributed by atoms with Crippen molar-refractivity contribution in [2.45, 2.75) is 57.5 Å². The third-order valence-corrected chi connectivity index (χ3v) is 3.92. The Labute approximate surface area is 92.3 Å². The van der Waals surface area contributed by atoms with Crippen LogP contribution in [0.5, 0.6) is 0 Å². The van der Waals surface area contributed by atoms with E-state index >= 15 is 0 Å². The van der Waals surface area contributed by atoms with Crippen molar-refractivity contribution >= 4 is 10.4 Å². The second-order valence-electron chi connectivity index (χ2n) is 4.15. The van der Waals surface area contributed by atoms with Crippen LogP contribution in [0.3, 0.4) is 0 Å². The van der Waals surface area contributed by atoms with Crippen LogP contribution < -0.4 is 0 Å². The lowest BCUT2D eigenvalue weighted by molar-refractivity contribution is 0.0143. The van der Waals surface area contributed by atoms with Crippen LogP contribution >= 0.6 is 0 Å². The Hall–Kier alpha value is -0.130. The summed E-state index contributed by atoms with van der Waals surface area (Å²) in [7, 11) is -2.66. The standard InChI is InChI=1S/C10H20O4S/c1-3-7-10(8-5-4-6-9-10)14-15(11,12)13-2/h3-9H2,1-2H3. The van der Waals surface area contributed by atoms with Crippen molar-refractivity contribution < 1.29 is 16.8 Å². The second kappa shape index (κ2) is 5.27. The molecular weight excluding hydrogens is 216 g/mol. The Balaban J connectivity index is 2.72. The SMILES string of the molecule is CCCC1(OS(=O)(=O)OC)CCCCC1. The molecule has 1 rings (SSSR count). The van der Waals surface area contributed by atoms with Crippen molar-refractivity contribution in [2.24, 2.45) is 0 Å². The summed E-state index contributed by atoms with van der Waals surface area (Å²) in [5, 5.41) is 0. The molecule has 0 aromatic heterocycles. The first kappa shape index (κ1) is 12.9. The molecule has 5 heteroatoms. The van der Waals surface area contributed by atoms with E-state index in [4.69, 9.17) is 4.18 Å². The van der Waals surface area contributed by atoms with Gasteiger partial charge < -0.3 is 0 Å². The minimum atomic E-state index is -3.80. The Bertz CT molecular complexity index is 272. The highest BCUT2D eigenvalue weighted by Gasteiger charge is 2.37. The van der Waals surface area contributed by atoms with E-state index in [-0.39, 0.29) is 0 Å². The minimum Gasteiger partial charge on any atom is -0.252 e. The Morgan fingerprint density at radius 1 is 1.20 bits per heavy atom. The Kier molecular flexibility index (Phi) is 4.55. The third-order valence-electron chi connectivity index (χ3n) is 2.95. The maximum atomic E-state index is 11.3. The van der Waals surface area contributed by atoms with Gasteiger partial charge in [0.15, 0.2) is 0 Å². The molecule has 0 atom stereocenters. The van der Waals surface area contributed by atoms with Crippen molar-refractivity contribution in [3.05, 3.63) is 0 Å². The average molecular weight is 236 g/mol. The Morgan fingerprint density at radius 2 is 1.80 bits per heavy atom. The van der Waals surface area contributed by atoms with Gasteiger partial charge in [-0.2, -0.15) is 8.42 Å². The summed E-state index contributed by atoms with van der Waals surface area (Å²) in [5.74, 6) is 0. The molecule has 90 valence electrons. The van der Waals surface area contributed by atoms with Crippen LogP contribution in [0.4, 0.5) is 0 Å². The van der Waals surface area contributed by atoms with E-state index in [1.807, 2.05) is 6.92 Å². The van der Waals surface area contributed by atoms with Crippen molar-refractivity contribution in [3.8, 4) is 0 Å². The van der Waals surface area contributed by atoms with Gasteiger partial charge >= 0.3 is 10.4 Å². The van der Waals surface area contributed by atoms with Gasteiger partial charge in [-0.1, -0.05) is 32.6 Å². The second-order valence-corrected chi connectivity index (χ2v) is 5.47. The first-order valence-corrected chi connectivity index (χ1v) is 6.88. The van der Waals surface area contributed by atoms with Crippen LogP contribution in [0.15, 0.2) is 0 Å². The van der Waals surface area contributed by atoms with Gasteiger partial charge in [-0.3, -0.25) is 4.18 Å². The lowest BCUT2D eigenvalue weighted by Crippen LogP contribution is -2.37. The molecule has 0 amide bonds. The lowest BCUT2D eigenvalue weighted by Gasteiger charge is -2.35. The molecular formula is C10H20O4S. The molecule has 0 heterocycles. The molecule has 4 nitrogen and oxygen atoms in total. The third kappa shape index (κ3) is 3.74. The highest BCUT2D eigenvalue weighted by molar-refractivity contribution is 7.81. The molecule has 1 aliphatic rings. The largest absolute Gasteiger partial charge is 0.400 e. The zero-order valence-electron chi connectivity index (χ0n) is 9.49. The van der Waals surface area contributed by atoms with Crippen LogP contribution in [-0.4, -0.2) is 21.1 Å². The quantitative estimate of drug-likeness (QED) is 0.735. The van der Waals surface area contributed by atoms with Gasteiger partial charge in [0.05, 0.1) is 12.7 Å². The molecule has 15 heavy (non-hydrogen) atoms. The topological polar surface area (TPSA) is 52.6 Å². The maximum Gasteiger partial charge on any atom is 0.400 e. The van der Waals surface area contributed by atoms with Gasteiger partial charge in [-0.15, -0.1) is 0 Å². The normalized spacial score (nSPS) is 21.5. The van der Waals surface area contributed by atoms with E-state index in [0.29, 0.717) is 0 Å². The van der Waals surface area contributed by atoms with Gasteiger partial charge in [-0.25, -0.2) is 4.18 Å². The van der Waals surface area contributed by atoms with Gasteiger partial charge in [0.25, 0.3) is 0 Å². The van der Waals surface area contributed by atoms with Gasteiger partial charge in [0, 0.05) is 0 Å². The first-order valence-electron chi connectivity index (χ1n) is 5.55. The van der Waals surface area contributed by atoms with E-state index in [1.165, 1.54) is 6.42 Å². The van der Waals surface area contributed by atoms with Crippen LogP contribution in [-0.2, 0) is 18.8 Å². The monoisotopic (exact) mass is 236 g/mol. The maximum absolute atomic E-state index is 11.3. The predicted molar refractivity (Wildman–Crippen MR) is 57.7 cm³/mol. The molecule has 0 bridgehead atoms.